The summed E-state index contributed by atoms with van der Waals surface area (Å²) in [5, 5.41) is 17.0. The Bertz CT molecular complexity index is 3250. The van der Waals surface area contributed by atoms with E-state index in [-0.39, 0.29) is 22.9 Å². The molecular weight excluding hydrogens is 927 g/mol. The molecule has 4 heterocycles. The number of hydrogen-bond donors (Lipinski definition) is 0. The molecule has 0 bridgehead atoms. The zero-order chi connectivity index (χ0) is 47.5. The van der Waals surface area contributed by atoms with Crippen LogP contribution < -0.4 is 0 Å². The Kier molecular flexibility index (Phi) is 9.65. The number of fused-ring (bicyclic) bond motifs is 4. The molecule has 2 unspecified atom stereocenters. The second kappa shape index (κ2) is 15.4. The van der Waals surface area contributed by atoms with Crippen molar-refractivity contribution >= 4 is 33.3 Å². The lowest BCUT2D eigenvalue weighted by Gasteiger charge is -2.47. The summed E-state index contributed by atoms with van der Waals surface area (Å²) in [7, 11) is 0. The Morgan fingerprint density at radius 1 is 0.348 bits per heavy atom. The summed E-state index contributed by atoms with van der Waals surface area (Å²) in [6, 6.07) is 49.1. The lowest BCUT2D eigenvalue weighted by atomic mass is 9.71. The van der Waals surface area contributed by atoms with Crippen LogP contribution in [0.2, 0.25) is 0 Å². The molecule has 4 aliphatic rings. The molecule has 340 valence electrons. The molecule has 6 aromatic carbocycles. The maximum atomic E-state index is 16.1. The van der Waals surface area contributed by atoms with Gasteiger partial charge in [-0.05, 0) is 119 Å². The number of rotatable bonds is 8. The van der Waals surface area contributed by atoms with Gasteiger partial charge in [-0.1, -0.05) is 109 Å². The van der Waals surface area contributed by atoms with Gasteiger partial charge in [0.15, 0.2) is 0 Å². The lowest BCUT2D eigenvalue weighted by Crippen LogP contribution is -2.48. The first-order chi connectivity index (χ1) is 33.2. The zero-order valence-corrected chi connectivity index (χ0v) is 38.0. The minimum Gasteiger partial charge on any atom is -0.416 e. The van der Waals surface area contributed by atoms with Crippen molar-refractivity contribution in [3.63, 3.8) is 0 Å². The van der Waals surface area contributed by atoms with Gasteiger partial charge in [0.2, 0.25) is 23.6 Å². The molecule has 12 rings (SSSR count). The summed E-state index contributed by atoms with van der Waals surface area (Å²) in [6.45, 7) is 3.34. The van der Waals surface area contributed by atoms with Gasteiger partial charge >= 0.3 is 17.8 Å². The van der Waals surface area contributed by atoms with Crippen LogP contribution in [0, 0.1) is 0 Å². The highest BCUT2D eigenvalue weighted by molar-refractivity contribution is 8.14. The maximum absolute atomic E-state index is 16.1. The molecule has 14 heteroatoms. The van der Waals surface area contributed by atoms with Crippen molar-refractivity contribution in [1.82, 2.24) is 20.4 Å². The van der Waals surface area contributed by atoms with E-state index in [4.69, 9.17) is 8.83 Å². The minimum absolute atomic E-state index is 0.240. The number of halogens is 6. The standard InChI is InChI=1S/C55H34F6N4O2S2/c1-51-41(29-43(68-51)35-17-25-39(26-18-35)49-64-62-47(66-49)37-21-13-33(14-22-37)31-9-5-3-6-10-31)45-46(54(58,59)55(60,61)53(45,56)57)42-30-44(69-52(42,51)2)36-19-27-40(28-20-36)50-65-63-48(67-50)38-23-15-34(16-24-38)32-11-7-4-8-12-32/h3-30H,1-2H3. The molecule has 2 aliphatic carbocycles. The molecule has 2 atom stereocenters. The molecule has 2 aliphatic heterocycles. The van der Waals surface area contributed by atoms with Crippen LogP contribution in [0.4, 0.5) is 26.3 Å². The summed E-state index contributed by atoms with van der Waals surface area (Å²) in [5.74, 6) is -14.9. The highest BCUT2D eigenvalue weighted by Crippen LogP contribution is 2.75. The van der Waals surface area contributed by atoms with E-state index in [2.05, 4.69) is 20.4 Å². The van der Waals surface area contributed by atoms with Crippen LogP contribution in [0.1, 0.15) is 25.0 Å². The Morgan fingerprint density at radius 3 is 0.913 bits per heavy atom. The molecule has 1 saturated carbocycles. The summed E-state index contributed by atoms with van der Waals surface area (Å²) < 4.78 is 105. The first kappa shape index (κ1) is 43.1. The number of alkyl halides is 6. The molecular formula is C55H34F6N4O2S2. The molecule has 1 fully saturated rings. The van der Waals surface area contributed by atoms with Gasteiger partial charge < -0.3 is 8.83 Å². The van der Waals surface area contributed by atoms with Gasteiger partial charge in [0.25, 0.3) is 0 Å². The van der Waals surface area contributed by atoms with Crippen LogP contribution in [-0.2, 0) is 0 Å². The van der Waals surface area contributed by atoms with Gasteiger partial charge in [-0.25, -0.2) is 0 Å². The molecule has 8 aromatic rings. The van der Waals surface area contributed by atoms with Crippen LogP contribution in [0.25, 0.3) is 77.9 Å². The largest absolute Gasteiger partial charge is 0.416 e. The van der Waals surface area contributed by atoms with Crippen molar-refractivity contribution in [2.24, 2.45) is 0 Å². The summed E-state index contributed by atoms with van der Waals surface area (Å²) >= 11 is 2.37. The van der Waals surface area contributed by atoms with Crippen molar-refractivity contribution in [3.8, 4) is 68.1 Å². The van der Waals surface area contributed by atoms with Gasteiger partial charge in [-0.3, -0.25) is 0 Å². The monoisotopic (exact) mass is 960 g/mol. The maximum Gasteiger partial charge on any atom is 0.380 e. The molecule has 0 saturated heterocycles. The zero-order valence-electron chi connectivity index (χ0n) is 36.4. The van der Waals surface area contributed by atoms with Crippen LogP contribution in [0.5, 0.6) is 0 Å². The Balaban J connectivity index is 0.830. The van der Waals surface area contributed by atoms with Gasteiger partial charge in [-0.15, -0.1) is 43.9 Å². The summed E-state index contributed by atoms with van der Waals surface area (Å²) in [4.78, 5) is 0.911. The fourth-order valence-electron chi connectivity index (χ4n) is 9.53. The molecule has 2 aromatic heterocycles. The molecule has 0 N–H and O–H groups in total. The van der Waals surface area contributed by atoms with Crippen molar-refractivity contribution in [2.45, 2.75) is 41.1 Å². The van der Waals surface area contributed by atoms with E-state index in [1.165, 1.54) is 35.7 Å². The van der Waals surface area contributed by atoms with Crippen molar-refractivity contribution in [2.75, 3.05) is 0 Å². The van der Waals surface area contributed by atoms with E-state index in [0.717, 1.165) is 33.4 Å². The smallest absolute Gasteiger partial charge is 0.380 e. The summed E-state index contributed by atoms with van der Waals surface area (Å²) in [6.07, 6.45) is 2.74. The van der Waals surface area contributed by atoms with E-state index in [9.17, 15) is 0 Å². The van der Waals surface area contributed by atoms with E-state index < -0.39 is 38.4 Å². The van der Waals surface area contributed by atoms with Gasteiger partial charge in [0, 0.05) is 43.2 Å². The van der Waals surface area contributed by atoms with E-state index in [0.29, 0.717) is 43.8 Å². The number of hydrogen-bond acceptors (Lipinski definition) is 8. The highest BCUT2D eigenvalue weighted by atomic mass is 32.2. The highest BCUT2D eigenvalue weighted by Gasteiger charge is 2.84. The topological polar surface area (TPSA) is 77.8 Å². The second-order valence-corrected chi connectivity index (χ2v) is 20.4. The van der Waals surface area contributed by atoms with Crippen molar-refractivity contribution in [3.05, 3.63) is 203 Å². The van der Waals surface area contributed by atoms with E-state index in [1.54, 1.807) is 62.4 Å². The molecule has 0 radical (unpaired) electrons. The van der Waals surface area contributed by atoms with Crippen LogP contribution in [-0.4, -0.2) is 47.7 Å². The van der Waals surface area contributed by atoms with Crippen molar-refractivity contribution in [1.29, 1.82) is 0 Å². The molecule has 69 heavy (non-hydrogen) atoms. The quantitative estimate of drug-likeness (QED) is 0.139. The van der Waals surface area contributed by atoms with Crippen LogP contribution >= 0.6 is 23.5 Å². The fraction of sp³-hybridized carbons (Fsp3) is 0.127. The second-order valence-electron chi connectivity index (χ2n) is 17.5. The lowest BCUT2D eigenvalue weighted by molar-refractivity contribution is -0.258. The number of nitrogens with zero attached hydrogens (tertiary/aromatic N) is 4. The number of thioether (sulfide) groups is 2. The van der Waals surface area contributed by atoms with Crippen LogP contribution in [0.15, 0.2) is 201 Å². The SMILES string of the molecule is CC12SC(c3ccc(-c4nnc(-c5ccc(-c6ccccc6)cc5)o4)cc3)=CC1=C1C(=C3C=C(c4ccc(-c5nnc(-c6ccc(-c7ccccc7)cc6)o5)cc4)SC32C)C(F)(F)C(F)(F)C1(F)F. The average Bonchev–Trinajstić information content (AvgIpc) is 4.22. The molecule has 0 amide bonds. The predicted molar refractivity (Wildman–Crippen MR) is 258 cm³/mol. The third-order valence-electron chi connectivity index (χ3n) is 13.5. The first-order valence-electron chi connectivity index (χ1n) is 21.8. The van der Waals surface area contributed by atoms with Crippen LogP contribution in [0.3, 0.4) is 0 Å². The predicted octanol–water partition coefficient (Wildman–Crippen LogP) is 15.4. The minimum atomic E-state index is -5.68. The first-order valence-corrected chi connectivity index (χ1v) is 23.5. The van der Waals surface area contributed by atoms with Crippen molar-refractivity contribution < 1.29 is 35.2 Å². The Labute approximate surface area is 399 Å². The Hall–Kier alpha value is -7.16. The average molecular weight is 961 g/mol. The molecule has 0 spiro atoms. The van der Waals surface area contributed by atoms with Gasteiger partial charge in [0.05, 0.1) is 9.49 Å². The van der Waals surface area contributed by atoms with E-state index in [1.807, 2.05) is 109 Å². The summed E-state index contributed by atoms with van der Waals surface area (Å²) in [5.41, 5.74) is 4.77. The van der Waals surface area contributed by atoms with Gasteiger partial charge in [-0.2, -0.15) is 26.3 Å². The fourth-order valence-corrected chi connectivity index (χ4v) is 12.7. The Morgan fingerprint density at radius 2 is 0.609 bits per heavy atom. The third kappa shape index (κ3) is 6.51. The number of allylic oxidation sites excluding steroid dienone is 4. The van der Waals surface area contributed by atoms with E-state index >= 15 is 26.3 Å². The number of benzene rings is 6. The normalized spacial score (nSPS) is 21.7. The third-order valence-corrected chi connectivity index (χ3v) is 16.8. The van der Waals surface area contributed by atoms with Gasteiger partial charge in [0.1, 0.15) is 0 Å². The number of aromatic nitrogens is 4. The molecule has 6 nitrogen and oxygen atoms in total.